The van der Waals surface area contributed by atoms with E-state index >= 15 is 0 Å². The lowest BCUT2D eigenvalue weighted by Gasteiger charge is -2.23. The van der Waals surface area contributed by atoms with Crippen LogP contribution in [0.5, 0.6) is 0 Å². The van der Waals surface area contributed by atoms with Crippen molar-refractivity contribution in [1.82, 2.24) is 0 Å². The van der Waals surface area contributed by atoms with E-state index in [0.29, 0.717) is 4.90 Å². The summed E-state index contributed by atoms with van der Waals surface area (Å²) in [7, 11) is -2.71. The van der Waals surface area contributed by atoms with Gasteiger partial charge in [-0.25, -0.2) is 0 Å². The van der Waals surface area contributed by atoms with Gasteiger partial charge in [-0.15, -0.1) is 9.02 Å². The lowest BCUT2D eigenvalue weighted by molar-refractivity contribution is 0.510. The summed E-state index contributed by atoms with van der Waals surface area (Å²) in [5.41, 5.74) is 1.10. The Kier molecular flexibility index (Phi) is 2.59. The molecule has 0 fully saturated rings. The Morgan fingerprint density at radius 2 is 1.64 bits per heavy atom. The van der Waals surface area contributed by atoms with Gasteiger partial charge in [0.05, 0.1) is 19.7 Å². The molecule has 0 amide bonds. The first-order chi connectivity index (χ1) is 5.00. The number of rotatable bonds is 1. The van der Waals surface area contributed by atoms with E-state index < -0.39 is 9.02 Å². The molecule has 0 aliphatic heterocycles. The standard InChI is InChI=1S/C7H9BrO2S/c1-6-2-4-7(5-3-6)11(8,9)10/h2-5,9-10H,1H3. The number of halogens is 1. The predicted molar refractivity (Wildman–Crippen MR) is 51.2 cm³/mol. The highest BCUT2D eigenvalue weighted by Crippen LogP contribution is 2.54. The fourth-order valence-corrected chi connectivity index (χ4v) is 1.84. The zero-order chi connectivity index (χ0) is 8.48. The highest BCUT2D eigenvalue weighted by atomic mass is 79.9. The van der Waals surface area contributed by atoms with Crippen LogP contribution in [0.4, 0.5) is 0 Å². The molecule has 2 nitrogen and oxygen atoms in total. The van der Waals surface area contributed by atoms with Crippen LogP contribution in [0.3, 0.4) is 0 Å². The third kappa shape index (κ3) is 2.48. The minimum atomic E-state index is -2.71. The van der Waals surface area contributed by atoms with Crippen LogP contribution in [0.15, 0.2) is 29.2 Å². The third-order valence-corrected chi connectivity index (χ3v) is 3.31. The van der Waals surface area contributed by atoms with Crippen molar-refractivity contribution in [1.29, 1.82) is 0 Å². The van der Waals surface area contributed by atoms with Gasteiger partial charge in [-0.3, -0.25) is 9.11 Å². The summed E-state index contributed by atoms with van der Waals surface area (Å²) >= 11 is 2.81. The van der Waals surface area contributed by atoms with Crippen molar-refractivity contribution in [2.45, 2.75) is 11.8 Å². The van der Waals surface area contributed by atoms with Crippen LogP contribution in [0, 0.1) is 6.92 Å². The fourth-order valence-electron chi connectivity index (χ4n) is 0.711. The van der Waals surface area contributed by atoms with Crippen molar-refractivity contribution in [3.05, 3.63) is 29.8 Å². The van der Waals surface area contributed by atoms with E-state index in [1.54, 1.807) is 12.1 Å². The first-order valence-corrected chi connectivity index (χ1v) is 6.43. The molecule has 1 aromatic rings. The topological polar surface area (TPSA) is 40.5 Å². The molecule has 0 unspecified atom stereocenters. The lowest BCUT2D eigenvalue weighted by Crippen LogP contribution is -1.87. The van der Waals surface area contributed by atoms with E-state index in [1.165, 1.54) is 0 Å². The molecule has 1 aromatic carbocycles. The Bertz CT molecular complexity index is 240. The lowest BCUT2D eigenvalue weighted by atomic mass is 10.2. The Morgan fingerprint density at radius 3 is 2.00 bits per heavy atom. The molecule has 4 heteroatoms. The summed E-state index contributed by atoms with van der Waals surface area (Å²) in [6.45, 7) is 1.95. The maximum absolute atomic E-state index is 9.14. The monoisotopic (exact) mass is 236 g/mol. The molecule has 0 saturated carbocycles. The predicted octanol–water partition coefficient (Wildman–Crippen LogP) is 3.41. The summed E-state index contributed by atoms with van der Waals surface area (Å²) in [6.07, 6.45) is 0. The van der Waals surface area contributed by atoms with Crippen LogP contribution in [-0.2, 0) is 0 Å². The van der Waals surface area contributed by atoms with Crippen molar-refractivity contribution < 1.29 is 9.11 Å². The maximum Gasteiger partial charge on any atom is 0.0703 e. The Labute approximate surface area is 74.8 Å². The molecule has 0 spiro atoms. The molecule has 0 aliphatic rings. The van der Waals surface area contributed by atoms with Crippen molar-refractivity contribution in [2.75, 3.05) is 0 Å². The number of hydrogen-bond donors (Lipinski definition) is 2. The molecule has 0 radical (unpaired) electrons. The van der Waals surface area contributed by atoms with Crippen LogP contribution in [0.2, 0.25) is 0 Å². The van der Waals surface area contributed by atoms with E-state index in [9.17, 15) is 0 Å². The van der Waals surface area contributed by atoms with Crippen LogP contribution >= 0.6 is 23.8 Å². The Morgan fingerprint density at radius 1 is 1.18 bits per heavy atom. The number of benzene rings is 1. The largest absolute Gasteiger partial charge is 0.285 e. The molecule has 2 N–H and O–H groups in total. The average molecular weight is 237 g/mol. The van der Waals surface area contributed by atoms with Gasteiger partial charge in [-0.1, -0.05) is 17.7 Å². The van der Waals surface area contributed by atoms with E-state index in [1.807, 2.05) is 19.1 Å². The van der Waals surface area contributed by atoms with Gasteiger partial charge in [0.15, 0.2) is 0 Å². The van der Waals surface area contributed by atoms with Gasteiger partial charge in [0, 0.05) is 0 Å². The summed E-state index contributed by atoms with van der Waals surface area (Å²) in [5.74, 6) is 0. The van der Waals surface area contributed by atoms with Gasteiger partial charge in [0.2, 0.25) is 0 Å². The average Bonchev–Trinajstić information content (AvgIpc) is 1.86. The second-order valence-corrected chi connectivity index (χ2v) is 6.43. The summed E-state index contributed by atoms with van der Waals surface area (Å²) in [6, 6.07) is 7.06. The first kappa shape index (κ1) is 9.06. The van der Waals surface area contributed by atoms with E-state index in [0.717, 1.165) is 5.56 Å². The van der Waals surface area contributed by atoms with Crippen molar-refractivity contribution in [2.24, 2.45) is 0 Å². The van der Waals surface area contributed by atoms with E-state index in [2.05, 4.69) is 14.8 Å². The number of aryl methyl sites for hydroxylation is 1. The van der Waals surface area contributed by atoms with Crippen LogP contribution in [0.25, 0.3) is 0 Å². The Hall–Kier alpha value is -0.0300. The molecule has 1 rings (SSSR count). The van der Waals surface area contributed by atoms with Gasteiger partial charge in [-0.2, -0.15) is 0 Å². The third-order valence-electron chi connectivity index (χ3n) is 1.32. The minimum Gasteiger partial charge on any atom is -0.285 e. The Balaban J connectivity index is 2.99. The highest BCUT2D eigenvalue weighted by Gasteiger charge is 2.08. The molecular weight excluding hydrogens is 228 g/mol. The van der Waals surface area contributed by atoms with Gasteiger partial charge < -0.3 is 0 Å². The minimum absolute atomic E-state index is 0.517. The molecule has 11 heavy (non-hydrogen) atoms. The SMILES string of the molecule is Cc1ccc(S(O)(O)Br)cc1. The van der Waals surface area contributed by atoms with Crippen LogP contribution in [-0.4, -0.2) is 9.11 Å². The summed E-state index contributed by atoms with van der Waals surface area (Å²) in [5, 5.41) is 0. The van der Waals surface area contributed by atoms with Gasteiger partial charge in [-0.05, 0) is 19.1 Å². The summed E-state index contributed by atoms with van der Waals surface area (Å²) < 4.78 is 18.3. The van der Waals surface area contributed by atoms with Crippen LogP contribution < -0.4 is 0 Å². The zero-order valence-corrected chi connectivity index (χ0v) is 8.39. The second-order valence-electron chi connectivity index (χ2n) is 2.29. The van der Waals surface area contributed by atoms with Crippen molar-refractivity contribution >= 4 is 23.8 Å². The van der Waals surface area contributed by atoms with Crippen molar-refractivity contribution in [3.8, 4) is 0 Å². The first-order valence-electron chi connectivity index (χ1n) is 3.04. The maximum atomic E-state index is 9.14. The molecule has 0 aromatic heterocycles. The molecule has 62 valence electrons. The van der Waals surface area contributed by atoms with E-state index in [4.69, 9.17) is 9.11 Å². The second kappa shape index (κ2) is 3.15. The normalized spacial score (nSPS) is 13.1. The molecular formula is C7H9BrO2S. The molecule has 0 aliphatic carbocycles. The smallest absolute Gasteiger partial charge is 0.0703 e. The van der Waals surface area contributed by atoms with E-state index in [-0.39, 0.29) is 0 Å². The van der Waals surface area contributed by atoms with Gasteiger partial charge in [0.25, 0.3) is 0 Å². The molecule has 0 bridgehead atoms. The highest BCUT2D eigenvalue weighted by molar-refractivity contribution is 9.56. The fraction of sp³-hybridized carbons (Fsp3) is 0.143. The molecule has 0 atom stereocenters. The quantitative estimate of drug-likeness (QED) is 0.785. The summed E-state index contributed by atoms with van der Waals surface area (Å²) in [4.78, 5) is 0.517. The van der Waals surface area contributed by atoms with Crippen molar-refractivity contribution in [3.63, 3.8) is 0 Å². The molecule has 0 heterocycles. The van der Waals surface area contributed by atoms with Gasteiger partial charge >= 0.3 is 0 Å². The molecule has 0 saturated heterocycles. The zero-order valence-electron chi connectivity index (χ0n) is 5.99. The van der Waals surface area contributed by atoms with Gasteiger partial charge in [0.1, 0.15) is 0 Å². The number of hydrogen-bond acceptors (Lipinski definition) is 2. The van der Waals surface area contributed by atoms with Crippen LogP contribution in [0.1, 0.15) is 5.56 Å².